The lowest BCUT2D eigenvalue weighted by atomic mass is 9.37. The molecule has 0 saturated carbocycles. The fraction of sp³-hybridized carbons (Fsp3) is 0.0606. The Bertz CT molecular complexity index is 2160. The maximum atomic E-state index is 6.92. The summed E-state index contributed by atoms with van der Waals surface area (Å²) in [5.41, 5.74) is 12.8. The standard InChI is InChI=1S/C33H22BN2O/c1-19-28-20-11-3-5-13-22(20)34-23-14-6-10-18-27(23)37-32(31(28)34)30-21-12-4-7-15-24(21)36-26-17-9-8-16-25(26)35(2)33(36)29(19)30/h3-18H,1-2H3/q+1. The summed E-state index contributed by atoms with van der Waals surface area (Å²) in [5, 5.41) is 3.70. The van der Waals surface area contributed by atoms with Crippen LogP contribution in [0.15, 0.2) is 97.1 Å². The second kappa shape index (κ2) is 6.60. The van der Waals surface area contributed by atoms with Gasteiger partial charge in [-0.25, -0.2) is 4.57 Å². The quantitative estimate of drug-likeness (QED) is 0.170. The average molecular weight is 473 g/mol. The first-order valence-electron chi connectivity index (χ1n) is 12.9. The van der Waals surface area contributed by atoms with Crippen molar-refractivity contribution in [3.05, 3.63) is 103 Å². The van der Waals surface area contributed by atoms with E-state index in [1.807, 2.05) is 0 Å². The average Bonchev–Trinajstić information content (AvgIpc) is 3.45. The van der Waals surface area contributed by atoms with E-state index in [1.54, 1.807) is 0 Å². The molecule has 0 spiro atoms. The molecule has 0 amide bonds. The van der Waals surface area contributed by atoms with E-state index >= 15 is 0 Å². The van der Waals surface area contributed by atoms with Crippen LogP contribution in [0.4, 0.5) is 0 Å². The molecule has 4 heteroatoms. The van der Waals surface area contributed by atoms with Crippen molar-refractivity contribution in [1.82, 2.24) is 4.40 Å². The smallest absolute Gasteiger partial charge is 0.295 e. The summed E-state index contributed by atoms with van der Waals surface area (Å²) in [4.78, 5) is 0. The summed E-state index contributed by atoms with van der Waals surface area (Å²) < 4.78 is 11.7. The summed E-state index contributed by atoms with van der Waals surface area (Å²) in [6.45, 7) is 2.49. The molecule has 3 nitrogen and oxygen atoms in total. The first-order valence-corrected chi connectivity index (χ1v) is 12.9. The molecule has 0 aliphatic carbocycles. The maximum absolute atomic E-state index is 6.92. The van der Waals surface area contributed by atoms with Gasteiger partial charge in [0.1, 0.15) is 17.0 Å². The van der Waals surface area contributed by atoms with Crippen molar-refractivity contribution in [1.29, 1.82) is 0 Å². The van der Waals surface area contributed by atoms with E-state index < -0.39 is 0 Å². The fourth-order valence-electron chi connectivity index (χ4n) is 7.24. The largest absolute Gasteiger partial charge is 0.458 e. The Morgan fingerprint density at radius 2 is 1.43 bits per heavy atom. The molecule has 0 saturated heterocycles. The third-order valence-electron chi connectivity index (χ3n) is 8.66. The number of para-hydroxylation sites is 4. The van der Waals surface area contributed by atoms with Gasteiger partial charge in [-0.05, 0) is 64.9 Å². The number of rotatable bonds is 0. The normalized spacial score (nSPS) is 13.3. The molecule has 37 heavy (non-hydrogen) atoms. The lowest BCUT2D eigenvalue weighted by Gasteiger charge is -2.26. The van der Waals surface area contributed by atoms with Crippen molar-refractivity contribution < 1.29 is 9.30 Å². The minimum Gasteiger partial charge on any atom is -0.458 e. The highest BCUT2D eigenvalue weighted by atomic mass is 16.5. The number of nitrogens with zero attached hydrogens (tertiary/aromatic N) is 2. The van der Waals surface area contributed by atoms with Crippen LogP contribution in [-0.4, -0.2) is 11.1 Å². The third kappa shape index (κ3) is 2.19. The van der Waals surface area contributed by atoms with E-state index in [9.17, 15) is 0 Å². The summed E-state index contributed by atoms with van der Waals surface area (Å²) in [6, 6.07) is 35.0. The number of imidazole rings is 1. The van der Waals surface area contributed by atoms with Crippen molar-refractivity contribution in [2.45, 2.75) is 6.92 Å². The molecule has 7 aromatic rings. The van der Waals surface area contributed by atoms with E-state index in [0.717, 1.165) is 11.5 Å². The van der Waals surface area contributed by atoms with Gasteiger partial charge in [-0.3, -0.25) is 0 Å². The number of hydrogen-bond acceptors (Lipinski definition) is 1. The Labute approximate surface area is 214 Å². The van der Waals surface area contributed by atoms with E-state index in [-0.39, 0.29) is 6.71 Å². The van der Waals surface area contributed by atoms with Gasteiger partial charge in [-0.1, -0.05) is 72.2 Å². The van der Waals surface area contributed by atoms with Gasteiger partial charge in [0, 0.05) is 10.8 Å². The Hall–Kier alpha value is -4.57. The Kier molecular flexibility index (Phi) is 3.50. The summed E-state index contributed by atoms with van der Waals surface area (Å²) in [7, 11) is 2.19. The first-order chi connectivity index (χ1) is 18.2. The molecule has 0 bridgehead atoms. The van der Waals surface area contributed by atoms with Crippen LogP contribution in [0.2, 0.25) is 0 Å². The molecule has 0 fully saturated rings. The molecule has 0 unspecified atom stereocenters. The van der Waals surface area contributed by atoms with E-state index in [2.05, 4.69) is 120 Å². The molecular weight excluding hydrogens is 451 g/mol. The maximum Gasteiger partial charge on any atom is 0.295 e. The van der Waals surface area contributed by atoms with Gasteiger partial charge in [0.2, 0.25) is 0 Å². The predicted molar refractivity (Wildman–Crippen MR) is 152 cm³/mol. The topological polar surface area (TPSA) is 17.5 Å². The molecule has 2 aromatic heterocycles. The number of pyridine rings is 1. The zero-order valence-electron chi connectivity index (χ0n) is 20.6. The van der Waals surface area contributed by atoms with Crippen LogP contribution in [0.25, 0.3) is 49.5 Å². The molecular formula is C33H22BN2O+. The van der Waals surface area contributed by atoms with Crippen LogP contribution in [0.1, 0.15) is 5.56 Å². The molecule has 0 N–H and O–H groups in total. The SMILES string of the molecule is Cc1c2c3c(c4c5ccccc5n5c6ccccc6[n+](C)c5c14)Oc1ccccc1B3c1ccccc1-2. The number of aryl methyl sites for hydroxylation is 2. The highest BCUT2D eigenvalue weighted by Gasteiger charge is 2.44. The highest BCUT2D eigenvalue weighted by molar-refractivity contribution is 7.00. The highest BCUT2D eigenvalue weighted by Crippen LogP contribution is 2.45. The van der Waals surface area contributed by atoms with E-state index in [1.165, 1.54) is 71.4 Å². The molecule has 4 heterocycles. The van der Waals surface area contributed by atoms with Crippen LogP contribution < -0.4 is 25.7 Å². The van der Waals surface area contributed by atoms with Crippen LogP contribution >= 0.6 is 0 Å². The zero-order chi connectivity index (χ0) is 24.4. The Balaban J connectivity index is 1.62. The zero-order valence-corrected chi connectivity index (χ0v) is 20.6. The van der Waals surface area contributed by atoms with Crippen LogP contribution in [0.3, 0.4) is 0 Å². The molecule has 172 valence electrons. The molecule has 5 aromatic carbocycles. The predicted octanol–water partition coefficient (Wildman–Crippen LogP) is 5.13. The second-order valence-corrected chi connectivity index (χ2v) is 10.4. The van der Waals surface area contributed by atoms with E-state index in [0.29, 0.717) is 0 Å². The number of fused-ring (bicyclic) bond motifs is 14. The van der Waals surface area contributed by atoms with Gasteiger partial charge < -0.3 is 4.74 Å². The van der Waals surface area contributed by atoms with Crippen LogP contribution in [0, 0.1) is 6.92 Å². The summed E-state index contributed by atoms with van der Waals surface area (Å²) in [5.74, 6) is 1.97. The Morgan fingerprint density at radius 3 is 2.32 bits per heavy atom. The summed E-state index contributed by atoms with van der Waals surface area (Å²) in [6.07, 6.45) is 0. The third-order valence-corrected chi connectivity index (χ3v) is 8.66. The lowest BCUT2D eigenvalue weighted by molar-refractivity contribution is -0.617. The Morgan fingerprint density at radius 1 is 0.730 bits per heavy atom. The minimum absolute atomic E-state index is 0.184. The van der Waals surface area contributed by atoms with Gasteiger partial charge in [0.25, 0.3) is 12.4 Å². The van der Waals surface area contributed by atoms with Crippen LogP contribution in [-0.2, 0) is 7.05 Å². The van der Waals surface area contributed by atoms with Crippen LogP contribution in [0.5, 0.6) is 11.5 Å². The molecule has 2 aliphatic rings. The van der Waals surface area contributed by atoms with Gasteiger partial charge in [-0.2, -0.15) is 4.40 Å². The molecule has 0 radical (unpaired) electrons. The van der Waals surface area contributed by atoms with E-state index in [4.69, 9.17) is 4.74 Å². The number of ether oxygens (including phenoxy) is 1. The first kappa shape index (κ1) is 19.6. The van der Waals surface area contributed by atoms with Crippen molar-refractivity contribution in [2.75, 3.05) is 0 Å². The summed E-state index contributed by atoms with van der Waals surface area (Å²) >= 11 is 0. The van der Waals surface area contributed by atoms with Gasteiger partial charge in [0.15, 0.2) is 11.0 Å². The monoisotopic (exact) mass is 473 g/mol. The molecule has 2 aliphatic heterocycles. The van der Waals surface area contributed by atoms with Gasteiger partial charge >= 0.3 is 0 Å². The molecule has 9 rings (SSSR count). The van der Waals surface area contributed by atoms with Crippen molar-refractivity contribution in [2.24, 2.45) is 7.05 Å². The number of benzene rings is 5. The lowest BCUT2D eigenvalue weighted by Crippen LogP contribution is -2.52. The van der Waals surface area contributed by atoms with Crippen molar-refractivity contribution in [3.63, 3.8) is 0 Å². The second-order valence-electron chi connectivity index (χ2n) is 10.4. The van der Waals surface area contributed by atoms with Crippen molar-refractivity contribution in [3.8, 4) is 22.6 Å². The fourth-order valence-corrected chi connectivity index (χ4v) is 7.24. The molecule has 0 atom stereocenters. The van der Waals surface area contributed by atoms with Crippen molar-refractivity contribution >= 4 is 61.5 Å². The minimum atomic E-state index is 0.184. The number of hydrogen-bond donors (Lipinski definition) is 0. The number of aromatic nitrogens is 2. The van der Waals surface area contributed by atoms with Gasteiger partial charge in [-0.15, -0.1) is 0 Å². The van der Waals surface area contributed by atoms with Gasteiger partial charge in [0.05, 0.1) is 12.4 Å².